The molecule has 0 rings (SSSR count). The molecule has 0 bridgehead atoms. The Balaban J connectivity index is 5.23. The van der Waals surface area contributed by atoms with E-state index in [4.69, 9.17) is 23.8 Å². The third-order valence-electron chi connectivity index (χ3n) is 6.53. The quantitative estimate of drug-likeness (QED) is 0.163. The Morgan fingerprint density at radius 3 is 1.97 bits per heavy atom. The Morgan fingerprint density at radius 2 is 1.44 bits per heavy atom. The Hall–Kier alpha value is -2.08. The molecule has 11 nitrogen and oxygen atoms in total. The van der Waals surface area contributed by atoms with Gasteiger partial charge in [-0.3, -0.25) is 9.59 Å². The van der Waals surface area contributed by atoms with Crippen molar-refractivity contribution >= 4 is 24.1 Å². The molecule has 11 heteroatoms. The van der Waals surface area contributed by atoms with Crippen molar-refractivity contribution in [1.29, 1.82) is 0 Å². The summed E-state index contributed by atoms with van der Waals surface area (Å²) >= 11 is 0. The summed E-state index contributed by atoms with van der Waals surface area (Å²) in [5, 5.41) is 0.794. The van der Waals surface area contributed by atoms with E-state index < -0.39 is 17.5 Å². The summed E-state index contributed by atoms with van der Waals surface area (Å²) in [6.45, 7) is 14.2. The summed E-state index contributed by atoms with van der Waals surface area (Å²) in [5.74, 6) is -1.56. The van der Waals surface area contributed by atoms with Gasteiger partial charge in [-0.2, -0.15) is 5.06 Å². The van der Waals surface area contributed by atoms with Crippen LogP contribution in [0.1, 0.15) is 87.0 Å². The van der Waals surface area contributed by atoms with Crippen LogP contribution in [0.4, 0.5) is 0 Å². The van der Waals surface area contributed by atoms with E-state index >= 15 is 0 Å². The number of carbonyl (C=O) groups excluding carboxylic acids is 4. The zero-order valence-corrected chi connectivity index (χ0v) is 25.8. The third-order valence-corrected chi connectivity index (χ3v) is 6.53. The van der Waals surface area contributed by atoms with Gasteiger partial charge in [0.15, 0.2) is 0 Å². The van der Waals surface area contributed by atoms with E-state index in [1.165, 1.54) is 11.9 Å². The Bertz CT molecular complexity index is 768. The molecule has 1 atom stereocenters. The van der Waals surface area contributed by atoms with Crippen LogP contribution in [0.25, 0.3) is 0 Å². The number of aldehydes is 1. The number of hydrogen-bond acceptors (Lipinski definition) is 9. The van der Waals surface area contributed by atoms with Gasteiger partial charge in [0, 0.05) is 47.3 Å². The minimum atomic E-state index is -0.779. The van der Waals surface area contributed by atoms with E-state index in [-0.39, 0.29) is 55.6 Å². The highest BCUT2D eigenvalue weighted by Gasteiger charge is 2.29. The first-order valence-electron chi connectivity index (χ1n) is 13.5. The molecular formula is C28H52N2O9. The highest BCUT2D eigenvalue weighted by atomic mass is 16.7. The van der Waals surface area contributed by atoms with E-state index in [2.05, 4.69) is 0 Å². The maximum absolute atomic E-state index is 13.3. The molecule has 0 aliphatic rings. The van der Waals surface area contributed by atoms with E-state index in [9.17, 15) is 19.2 Å². The van der Waals surface area contributed by atoms with Crippen LogP contribution in [-0.4, -0.2) is 105 Å². The van der Waals surface area contributed by atoms with Crippen LogP contribution in [0.3, 0.4) is 0 Å². The molecular weight excluding hydrogens is 508 g/mol. The highest BCUT2D eigenvalue weighted by Crippen LogP contribution is 2.20. The van der Waals surface area contributed by atoms with Gasteiger partial charge in [0.25, 0.3) is 5.91 Å². The Morgan fingerprint density at radius 1 is 0.872 bits per heavy atom. The fourth-order valence-electron chi connectivity index (χ4n) is 3.25. The zero-order chi connectivity index (χ0) is 30.3. The van der Waals surface area contributed by atoms with Gasteiger partial charge < -0.3 is 33.5 Å². The van der Waals surface area contributed by atoms with E-state index in [0.29, 0.717) is 38.8 Å². The minimum absolute atomic E-state index is 0.0292. The molecule has 0 heterocycles. The maximum Gasteiger partial charge on any atom is 0.351 e. The summed E-state index contributed by atoms with van der Waals surface area (Å²) in [6.07, 6.45) is 2.29. The lowest BCUT2D eigenvalue weighted by Gasteiger charge is -2.31. The molecule has 228 valence electrons. The monoisotopic (exact) mass is 560 g/mol. The molecule has 0 aromatic carbocycles. The second-order valence-corrected chi connectivity index (χ2v) is 11.6. The summed E-state index contributed by atoms with van der Waals surface area (Å²) < 4.78 is 22.7. The summed E-state index contributed by atoms with van der Waals surface area (Å²) in [6, 6.07) is 0. The van der Waals surface area contributed by atoms with Crippen LogP contribution < -0.4 is 0 Å². The van der Waals surface area contributed by atoms with Gasteiger partial charge in [0.1, 0.15) is 12.8 Å². The number of hydrogen-bond donors (Lipinski definition) is 0. The largest absolute Gasteiger partial charge is 0.379 e. The number of carbonyl (C=O) groups is 4. The second kappa shape index (κ2) is 17.6. The SMILES string of the molecule is COC(C)(C)CCOC(C)CCN(CC(=O)ON(C)C(=O)CCC=O)C(=O)CC(C)(C)OCCC(C)(C)OC. The van der Waals surface area contributed by atoms with Crippen LogP contribution in [0.15, 0.2) is 0 Å². The first kappa shape index (κ1) is 36.9. The van der Waals surface area contributed by atoms with Gasteiger partial charge in [0.05, 0.1) is 35.9 Å². The molecule has 2 amide bonds. The molecule has 0 aromatic heterocycles. The third kappa shape index (κ3) is 17.3. The fraction of sp³-hybridized carbons (Fsp3) is 0.857. The molecule has 1 unspecified atom stereocenters. The van der Waals surface area contributed by atoms with Crippen molar-refractivity contribution in [1.82, 2.24) is 9.96 Å². The van der Waals surface area contributed by atoms with E-state index in [1.54, 1.807) is 14.2 Å². The van der Waals surface area contributed by atoms with Gasteiger partial charge in [-0.15, -0.1) is 0 Å². The maximum atomic E-state index is 13.3. The van der Waals surface area contributed by atoms with E-state index in [1.807, 2.05) is 48.5 Å². The predicted octanol–water partition coefficient (Wildman–Crippen LogP) is 3.32. The van der Waals surface area contributed by atoms with Crippen molar-refractivity contribution in [2.24, 2.45) is 0 Å². The molecule has 0 saturated carbocycles. The zero-order valence-electron chi connectivity index (χ0n) is 25.8. The summed E-state index contributed by atoms with van der Waals surface area (Å²) in [7, 11) is 4.60. The molecule has 0 radical (unpaired) electrons. The van der Waals surface area contributed by atoms with Crippen LogP contribution >= 0.6 is 0 Å². The number of nitrogens with zero attached hydrogens (tertiary/aromatic N) is 2. The Labute approximate surface area is 234 Å². The van der Waals surface area contributed by atoms with Crippen molar-refractivity contribution in [3.63, 3.8) is 0 Å². The van der Waals surface area contributed by atoms with Gasteiger partial charge in [-0.05, 0) is 67.7 Å². The average Bonchev–Trinajstić information content (AvgIpc) is 2.84. The van der Waals surface area contributed by atoms with Gasteiger partial charge in [-0.1, -0.05) is 0 Å². The molecule has 0 aliphatic heterocycles. The molecule has 0 N–H and O–H groups in total. The molecule has 0 saturated heterocycles. The first-order valence-corrected chi connectivity index (χ1v) is 13.5. The fourth-order valence-corrected chi connectivity index (χ4v) is 3.25. The van der Waals surface area contributed by atoms with Crippen molar-refractivity contribution in [3.8, 4) is 0 Å². The van der Waals surface area contributed by atoms with Gasteiger partial charge in [-0.25, -0.2) is 4.79 Å². The lowest BCUT2D eigenvalue weighted by Crippen LogP contribution is -2.43. The van der Waals surface area contributed by atoms with Crippen LogP contribution in [0, 0.1) is 0 Å². The molecule has 0 fully saturated rings. The normalized spacial score (nSPS) is 13.1. The van der Waals surface area contributed by atoms with Crippen LogP contribution in [0.5, 0.6) is 0 Å². The summed E-state index contributed by atoms with van der Waals surface area (Å²) in [5.41, 5.74) is -1.43. The highest BCUT2D eigenvalue weighted by molar-refractivity contribution is 5.84. The molecule has 39 heavy (non-hydrogen) atoms. The van der Waals surface area contributed by atoms with Crippen molar-refractivity contribution in [2.45, 2.75) is 110 Å². The smallest absolute Gasteiger partial charge is 0.351 e. The van der Waals surface area contributed by atoms with Crippen molar-refractivity contribution in [2.75, 3.05) is 47.6 Å². The van der Waals surface area contributed by atoms with Gasteiger partial charge in [0.2, 0.25) is 5.91 Å². The predicted molar refractivity (Wildman–Crippen MR) is 147 cm³/mol. The van der Waals surface area contributed by atoms with Crippen molar-refractivity contribution < 1.29 is 43.0 Å². The average molecular weight is 561 g/mol. The van der Waals surface area contributed by atoms with Crippen LogP contribution in [0.2, 0.25) is 0 Å². The number of amides is 2. The topological polar surface area (TPSA) is 121 Å². The van der Waals surface area contributed by atoms with Gasteiger partial charge >= 0.3 is 5.97 Å². The molecule has 0 aromatic rings. The minimum Gasteiger partial charge on any atom is -0.379 e. The Kier molecular flexibility index (Phi) is 16.6. The molecule has 0 aliphatic carbocycles. The standard InChI is InChI=1S/C28H52N2O9/c1-22(37-18-14-26(2,3)35-9)13-16-30(21-25(34)39-29(8)23(32)12-11-17-31)24(33)20-28(6,7)38-19-15-27(4,5)36-10/h17,22H,11-16,18-21H2,1-10H3. The number of hydroxylamine groups is 2. The van der Waals surface area contributed by atoms with E-state index in [0.717, 1.165) is 5.06 Å². The summed E-state index contributed by atoms with van der Waals surface area (Å²) in [4.78, 5) is 54.9. The number of methoxy groups -OCH3 is 2. The number of ether oxygens (including phenoxy) is 4. The molecule has 0 spiro atoms. The first-order chi connectivity index (χ1) is 18.0. The van der Waals surface area contributed by atoms with Crippen LogP contribution in [-0.2, 0) is 43.0 Å². The number of rotatable bonds is 20. The lowest BCUT2D eigenvalue weighted by molar-refractivity contribution is -0.194. The second-order valence-electron chi connectivity index (χ2n) is 11.6. The lowest BCUT2D eigenvalue weighted by atomic mass is 10.0. The van der Waals surface area contributed by atoms with Crippen molar-refractivity contribution in [3.05, 3.63) is 0 Å².